The number of aryl methyl sites for hydroxylation is 1. The van der Waals surface area contributed by atoms with Crippen LogP contribution < -0.4 is 21.5 Å². The number of halogens is 1. The largest absolute Gasteiger partial charge is 1.00 e. The first-order valence-corrected chi connectivity index (χ1v) is 10.2. The molecule has 5 rings (SSSR count). The van der Waals surface area contributed by atoms with Crippen LogP contribution in [-0.2, 0) is 18.7 Å². The van der Waals surface area contributed by atoms with Crippen molar-refractivity contribution in [1.82, 2.24) is 4.57 Å². The van der Waals surface area contributed by atoms with E-state index in [4.69, 9.17) is 0 Å². The first-order chi connectivity index (χ1) is 14.7. The van der Waals surface area contributed by atoms with Crippen molar-refractivity contribution in [2.24, 2.45) is 0 Å². The van der Waals surface area contributed by atoms with E-state index in [2.05, 4.69) is 39.5 Å². The molecule has 4 nitrogen and oxygen atoms in total. The van der Waals surface area contributed by atoms with Crippen LogP contribution in [0.4, 0.5) is 0 Å². The van der Waals surface area contributed by atoms with Gasteiger partial charge < -0.3 is 22.1 Å². The van der Waals surface area contributed by atoms with Gasteiger partial charge in [0, 0.05) is 5.57 Å². The lowest BCUT2D eigenvalue weighted by atomic mass is 9.86. The summed E-state index contributed by atoms with van der Waals surface area (Å²) >= 11 is 0. The highest BCUT2D eigenvalue weighted by atomic mass is 79.9. The molecule has 3 aromatic carbocycles. The summed E-state index contributed by atoms with van der Waals surface area (Å²) in [7, 11) is 0. The van der Waals surface area contributed by atoms with Crippen LogP contribution in [0.15, 0.2) is 91.0 Å². The second kappa shape index (κ2) is 8.50. The molecule has 0 bridgehead atoms. The number of hydrogen-bond donors (Lipinski definition) is 1. The molecule has 1 unspecified atom stereocenters. The van der Waals surface area contributed by atoms with E-state index < -0.39 is 5.60 Å². The summed E-state index contributed by atoms with van der Waals surface area (Å²) in [5, 5.41) is 21.4. The summed E-state index contributed by atoms with van der Waals surface area (Å²) in [5.41, 5.74) is 3.76. The van der Waals surface area contributed by atoms with Crippen LogP contribution in [0.25, 0.3) is 16.6 Å². The molecule has 5 heteroatoms. The van der Waals surface area contributed by atoms with Gasteiger partial charge in [0.15, 0.2) is 11.0 Å². The van der Waals surface area contributed by atoms with E-state index in [0.29, 0.717) is 19.5 Å². The molecule has 0 saturated carbocycles. The zero-order valence-electron chi connectivity index (χ0n) is 16.9. The van der Waals surface area contributed by atoms with Gasteiger partial charge in [0.1, 0.15) is 13.1 Å². The van der Waals surface area contributed by atoms with Crippen molar-refractivity contribution in [2.75, 3.05) is 0 Å². The molecule has 1 aliphatic heterocycles. The van der Waals surface area contributed by atoms with Gasteiger partial charge in [-0.2, -0.15) is 5.26 Å². The topological polar surface area (TPSA) is 52.8 Å². The fraction of sp³-hybridized carbons (Fsp3) is 0.154. The minimum atomic E-state index is -1.31. The van der Waals surface area contributed by atoms with Gasteiger partial charge in [-0.15, -0.1) is 0 Å². The smallest absolute Gasteiger partial charge is 0.299 e. The average Bonchev–Trinajstić information content (AvgIpc) is 3.13. The monoisotopic (exact) mass is 471 g/mol. The molecular weight excluding hydrogens is 450 g/mol. The van der Waals surface area contributed by atoms with E-state index in [9.17, 15) is 10.4 Å². The SMILES string of the molecule is N#CCCn1c2[n+](c3ccccc31)CC(c1ccccc1)=CC2(O)c1ccccc1.[Br-]. The van der Waals surface area contributed by atoms with Gasteiger partial charge in [0.05, 0.1) is 12.5 Å². The summed E-state index contributed by atoms with van der Waals surface area (Å²) in [6, 6.07) is 30.4. The standard InChI is InChI=1S/C26H22N3O.BrH/c27-16-9-17-28-23-14-7-8-15-24(23)29-19-21(20-10-3-1-4-11-20)18-26(30,25(28)29)22-12-5-2-6-13-22;/h1-8,10-15,18,30H,9,17,19H2;1H/q+1;/p-1. The summed E-state index contributed by atoms with van der Waals surface area (Å²) in [4.78, 5) is 0. The molecule has 1 aliphatic rings. The maximum Gasteiger partial charge on any atom is 0.299 e. The Morgan fingerprint density at radius 3 is 2.29 bits per heavy atom. The van der Waals surface area contributed by atoms with Gasteiger partial charge in [0.25, 0.3) is 5.82 Å². The first kappa shape index (κ1) is 21.0. The van der Waals surface area contributed by atoms with E-state index >= 15 is 0 Å². The van der Waals surface area contributed by atoms with E-state index in [-0.39, 0.29) is 17.0 Å². The molecule has 0 aliphatic carbocycles. The summed E-state index contributed by atoms with van der Waals surface area (Å²) in [6.45, 7) is 1.19. The molecular formula is C26H22BrN3O. The Kier molecular flexibility index (Phi) is 5.77. The van der Waals surface area contributed by atoms with Crippen LogP contribution in [0.1, 0.15) is 23.4 Å². The van der Waals surface area contributed by atoms with E-state index in [1.165, 1.54) is 0 Å². The zero-order chi connectivity index (χ0) is 20.6. The fourth-order valence-corrected chi connectivity index (χ4v) is 4.52. The molecule has 1 atom stereocenters. The minimum absolute atomic E-state index is 0. The number of allylic oxidation sites excluding steroid dienone is 1. The number of aromatic nitrogens is 2. The van der Waals surface area contributed by atoms with Crippen LogP contribution in [0.3, 0.4) is 0 Å². The summed E-state index contributed by atoms with van der Waals surface area (Å²) in [5.74, 6) is 0.796. The van der Waals surface area contributed by atoms with Crippen LogP contribution in [-0.4, -0.2) is 9.67 Å². The molecule has 31 heavy (non-hydrogen) atoms. The van der Waals surface area contributed by atoms with Gasteiger partial charge in [-0.1, -0.05) is 72.8 Å². The Bertz CT molecular complexity index is 1290. The Hall–Kier alpha value is -3.20. The van der Waals surface area contributed by atoms with Gasteiger partial charge in [-0.25, -0.2) is 9.13 Å². The number of benzene rings is 3. The Morgan fingerprint density at radius 2 is 1.58 bits per heavy atom. The molecule has 154 valence electrons. The Morgan fingerprint density at radius 1 is 0.935 bits per heavy atom. The highest BCUT2D eigenvalue weighted by Crippen LogP contribution is 2.38. The number of rotatable bonds is 4. The highest BCUT2D eigenvalue weighted by molar-refractivity contribution is 5.75. The minimum Gasteiger partial charge on any atom is -1.00 e. The third-order valence-electron chi connectivity index (χ3n) is 5.83. The fourth-order valence-electron chi connectivity index (χ4n) is 4.52. The van der Waals surface area contributed by atoms with E-state index in [1.54, 1.807) is 0 Å². The first-order valence-electron chi connectivity index (χ1n) is 10.2. The third-order valence-corrected chi connectivity index (χ3v) is 5.83. The quantitative estimate of drug-likeness (QED) is 0.454. The van der Waals surface area contributed by atoms with Crippen LogP contribution in [0, 0.1) is 11.3 Å². The van der Waals surface area contributed by atoms with Crippen LogP contribution in [0.5, 0.6) is 0 Å². The molecule has 4 aromatic rings. The van der Waals surface area contributed by atoms with Crippen LogP contribution >= 0.6 is 0 Å². The van der Waals surface area contributed by atoms with Crippen molar-refractivity contribution < 1.29 is 26.7 Å². The summed E-state index contributed by atoms with van der Waals surface area (Å²) < 4.78 is 4.30. The second-order valence-corrected chi connectivity index (χ2v) is 7.63. The molecule has 1 aromatic heterocycles. The van der Waals surface area contributed by atoms with Gasteiger partial charge in [-0.05, 0) is 29.3 Å². The highest BCUT2D eigenvalue weighted by Gasteiger charge is 2.46. The molecule has 0 spiro atoms. The Labute approximate surface area is 192 Å². The lowest BCUT2D eigenvalue weighted by Crippen LogP contribution is -3.00. The molecule has 0 saturated heterocycles. The van der Waals surface area contributed by atoms with Crippen molar-refractivity contribution in [3.63, 3.8) is 0 Å². The predicted octanol–water partition coefficient (Wildman–Crippen LogP) is 1.18. The molecule has 1 N–H and O–H groups in total. The molecule has 0 fully saturated rings. The van der Waals surface area contributed by atoms with Gasteiger partial charge in [-0.3, -0.25) is 0 Å². The van der Waals surface area contributed by atoms with Crippen molar-refractivity contribution in [3.8, 4) is 6.07 Å². The van der Waals surface area contributed by atoms with E-state index in [0.717, 1.165) is 33.6 Å². The third kappa shape index (κ3) is 3.48. The normalized spacial score (nSPS) is 17.4. The zero-order valence-corrected chi connectivity index (χ0v) is 18.5. The number of nitrogens with zero attached hydrogens (tertiary/aromatic N) is 3. The molecule has 2 heterocycles. The molecule has 0 radical (unpaired) electrons. The second-order valence-electron chi connectivity index (χ2n) is 7.63. The van der Waals surface area contributed by atoms with Crippen LogP contribution in [0.2, 0.25) is 0 Å². The van der Waals surface area contributed by atoms with Gasteiger partial charge in [0.2, 0.25) is 5.60 Å². The number of hydrogen-bond acceptors (Lipinski definition) is 2. The van der Waals surface area contributed by atoms with Crippen molar-refractivity contribution in [3.05, 3.63) is 108 Å². The number of fused-ring (bicyclic) bond motifs is 3. The van der Waals surface area contributed by atoms with Crippen molar-refractivity contribution >= 4 is 16.6 Å². The number of aliphatic hydroxyl groups is 1. The van der Waals surface area contributed by atoms with Crippen molar-refractivity contribution in [2.45, 2.75) is 25.1 Å². The maximum absolute atomic E-state index is 12.2. The predicted molar refractivity (Wildman–Crippen MR) is 116 cm³/mol. The summed E-state index contributed by atoms with van der Waals surface area (Å²) in [6.07, 6.45) is 2.36. The average molecular weight is 472 g/mol. The molecule has 0 amide bonds. The Balaban J connectivity index is 0.00000231. The van der Waals surface area contributed by atoms with E-state index in [1.807, 2.05) is 66.7 Å². The maximum atomic E-state index is 12.2. The number of nitriles is 1. The lowest BCUT2D eigenvalue weighted by Gasteiger charge is -2.28. The lowest BCUT2D eigenvalue weighted by molar-refractivity contribution is -0.675. The van der Waals surface area contributed by atoms with Crippen molar-refractivity contribution in [1.29, 1.82) is 5.26 Å². The van der Waals surface area contributed by atoms with Gasteiger partial charge >= 0.3 is 0 Å². The number of para-hydroxylation sites is 2. The number of imidazole rings is 1.